The quantitative estimate of drug-likeness (QED) is 0.919. The number of halogens is 1. The number of nitrogens with zero attached hydrogens (tertiary/aromatic N) is 3. The van der Waals surface area contributed by atoms with Crippen molar-refractivity contribution < 1.29 is 4.79 Å². The second kappa shape index (κ2) is 5.71. The van der Waals surface area contributed by atoms with Crippen LogP contribution in [0.25, 0.3) is 10.2 Å². The Hall–Kier alpha value is -1.11. The Morgan fingerprint density at radius 3 is 2.95 bits per heavy atom. The van der Waals surface area contributed by atoms with Crippen molar-refractivity contribution in [3.8, 4) is 0 Å². The number of nitrogens with two attached hydrogens (primary N) is 1. The van der Waals surface area contributed by atoms with Crippen molar-refractivity contribution in [3.05, 3.63) is 16.6 Å². The average molecular weight is 315 g/mol. The molecule has 1 aliphatic rings. The van der Waals surface area contributed by atoms with Crippen LogP contribution in [-0.4, -0.2) is 40.2 Å². The molecule has 3 heterocycles. The zero-order chi connectivity index (χ0) is 13.6. The molecule has 0 bridgehead atoms. The van der Waals surface area contributed by atoms with E-state index < -0.39 is 0 Å². The first kappa shape index (κ1) is 15.3. The number of aromatic nitrogens is 2. The van der Waals surface area contributed by atoms with Gasteiger partial charge in [0.15, 0.2) is 0 Å². The fraction of sp³-hybridized carbons (Fsp3) is 0.538. The second-order valence-electron chi connectivity index (χ2n) is 5.18. The van der Waals surface area contributed by atoms with E-state index in [0.717, 1.165) is 40.3 Å². The number of hydrogen-bond donors (Lipinski definition) is 1. The Balaban J connectivity index is 0.00000147. The molecule has 110 valence electrons. The minimum atomic E-state index is 0. The summed E-state index contributed by atoms with van der Waals surface area (Å²) in [6.07, 6.45) is 1.02. The van der Waals surface area contributed by atoms with Gasteiger partial charge in [-0.05, 0) is 31.9 Å². The second-order valence-corrected chi connectivity index (χ2v) is 6.21. The minimum absolute atomic E-state index is 0. The highest BCUT2D eigenvalue weighted by Crippen LogP contribution is 2.29. The number of carbonyl (C=O) groups excluding carboxylic acids is 1. The van der Waals surface area contributed by atoms with Crippen LogP contribution in [0.2, 0.25) is 0 Å². The Morgan fingerprint density at radius 1 is 1.60 bits per heavy atom. The first-order valence-electron chi connectivity index (χ1n) is 6.52. The molecule has 1 atom stereocenters. The fourth-order valence-corrected chi connectivity index (χ4v) is 3.77. The molecule has 7 heteroatoms. The SMILES string of the molecule is Cc1nn(C)c2sc(C(=O)N3CCC(CN)C3)cc12.Cl. The highest BCUT2D eigenvalue weighted by atomic mass is 35.5. The summed E-state index contributed by atoms with van der Waals surface area (Å²) in [5.74, 6) is 0.596. The summed E-state index contributed by atoms with van der Waals surface area (Å²) < 4.78 is 1.85. The molecule has 1 unspecified atom stereocenters. The number of hydrogen-bond acceptors (Lipinski definition) is 4. The maximum Gasteiger partial charge on any atom is 0.264 e. The van der Waals surface area contributed by atoms with Crippen molar-refractivity contribution in [2.24, 2.45) is 18.7 Å². The molecule has 20 heavy (non-hydrogen) atoms. The van der Waals surface area contributed by atoms with Gasteiger partial charge in [0, 0.05) is 25.5 Å². The molecule has 1 amide bonds. The lowest BCUT2D eigenvalue weighted by Crippen LogP contribution is -2.29. The monoisotopic (exact) mass is 314 g/mol. The van der Waals surface area contributed by atoms with Crippen LogP contribution in [0.4, 0.5) is 0 Å². The number of likely N-dealkylation sites (tertiary alicyclic amines) is 1. The summed E-state index contributed by atoms with van der Waals surface area (Å²) in [6, 6.07) is 1.97. The molecule has 0 saturated carbocycles. The number of fused-ring (bicyclic) bond motifs is 1. The molecule has 1 aliphatic heterocycles. The zero-order valence-corrected chi connectivity index (χ0v) is 13.3. The van der Waals surface area contributed by atoms with Gasteiger partial charge in [0.25, 0.3) is 5.91 Å². The Kier molecular flexibility index (Phi) is 4.36. The third kappa shape index (κ3) is 2.43. The van der Waals surface area contributed by atoms with Crippen LogP contribution >= 0.6 is 23.7 Å². The first-order valence-corrected chi connectivity index (χ1v) is 7.34. The van der Waals surface area contributed by atoms with Gasteiger partial charge in [0.2, 0.25) is 0 Å². The minimum Gasteiger partial charge on any atom is -0.338 e. The van der Waals surface area contributed by atoms with E-state index in [0.29, 0.717) is 12.5 Å². The molecule has 2 aromatic heterocycles. The molecule has 2 aromatic rings. The van der Waals surface area contributed by atoms with Crippen LogP contribution in [0, 0.1) is 12.8 Å². The largest absolute Gasteiger partial charge is 0.338 e. The Bertz CT molecular complexity index is 601. The van der Waals surface area contributed by atoms with Crippen LogP contribution in [-0.2, 0) is 7.05 Å². The topological polar surface area (TPSA) is 64.2 Å². The first-order chi connectivity index (χ1) is 9.10. The van der Waals surface area contributed by atoms with E-state index in [2.05, 4.69) is 5.10 Å². The van der Waals surface area contributed by atoms with Gasteiger partial charge in [-0.15, -0.1) is 23.7 Å². The van der Waals surface area contributed by atoms with Gasteiger partial charge in [0.05, 0.1) is 10.6 Å². The summed E-state index contributed by atoms with van der Waals surface area (Å²) in [6.45, 7) is 4.26. The Morgan fingerprint density at radius 2 is 2.35 bits per heavy atom. The van der Waals surface area contributed by atoms with E-state index in [4.69, 9.17) is 5.73 Å². The van der Waals surface area contributed by atoms with E-state index in [-0.39, 0.29) is 18.3 Å². The molecule has 0 radical (unpaired) electrons. The van der Waals surface area contributed by atoms with Gasteiger partial charge in [-0.25, -0.2) is 0 Å². The number of carbonyl (C=O) groups is 1. The van der Waals surface area contributed by atoms with E-state index in [1.165, 1.54) is 11.3 Å². The normalized spacial score (nSPS) is 18.6. The van der Waals surface area contributed by atoms with E-state index in [1.54, 1.807) is 0 Å². The van der Waals surface area contributed by atoms with Crippen molar-refractivity contribution in [2.75, 3.05) is 19.6 Å². The molecular formula is C13H19ClN4OS. The Labute approximate surface area is 128 Å². The summed E-state index contributed by atoms with van der Waals surface area (Å²) in [5.41, 5.74) is 6.65. The lowest BCUT2D eigenvalue weighted by atomic mass is 10.1. The zero-order valence-electron chi connectivity index (χ0n) is 11.6. The van der Waals surface area contributed by atoms with Gasteiger partial charge >= 0.3 is 0 Å². The van der Waals surface area contributed by atoms with Gasteiger partial charge in [-0.2, -0.15) is 5.10 Å². The molecule has 1 saturated heterocycles. The third-order valence-corrected chi connectivity index (χ3v) is 5.00. The molecular weight excluding hydrogens is 296 g/mol. The van der Waals surface area contributed by atoms with Crippen molar-refractivity contribution in [3.63, 3.8) is 0 Å². The van der Waals surface area contributed by atoms with Crippen LogP contribution in [0.5, 0.6) is 0 Å². The highest BCUT2D eigenvalue weighted by molar-refractivity contribution is 7.20. The number of thiophene rings is 1. The maximum atomic E-state index is 12.5. The molecule has 1 fully saturated rings. The predicted molar refractivity (Wildman–Crippen MR) is 83.6 cm³/mol. The van der Waals surface area contributed by atoms with Gasteiger partial charge < -0.3 is 10.6 Å². The van der Waals surface area contributed by atoms with Crippen molar-refractivity contribution >= 4 is 39.9 Å². The molecule has 3 rings (SSSR count). The molecule has 0 spiro atoms. The van der Waals surface area contributed by atoms with Crippen molar-refractivity contribution in [1.82, 2.24) is 14.7 Å². The van der Waals surface area contributed by atoms with Crippen molar-refractivity contribution in [2.45, 2.75) is 13.3 Å². The van der Waals surface area contributed by atoms with Crippen molar-refractivity contribution in [1.29, 1.82) is 0 Å². The van der Waals surface area contributed by atoms with Crippen LogP contribution < -0.4 is 5.73 Å². The van der Waals surface area contributed by atoms with Gasteiger partial charge in [-0.1, -0.05) is 0 Å². The van der Waals surface area contributed by atoms with E-state index in [1.807, 2.05) is 29.6 Å². The lowest BCUT2D eigenvalue weighted by molar-refractivity contribution is 0.0792. The van der Waals surface area contributed by atoms with Gasteiger partial charge in [0.1, 0.15) is 4.83 Å². The summed E-state index contributed by atoms with van der Waals surface area (Å²) in [4.78, 5) is 16.3. The maximum absolute atomic E-state index is 12.5. The van der Waals surface area contributed by atoms with E-state index in [9.17, 15) is 4.79 Å². The summed E-state index contributed by atoms with van der Waals surface area (Å²) in [7, 11) is 1.92. The van der Waals surface area contributed by atoms with Gasteiger partial charge in [-0.3, -0.25) is 9.48 Å². The van der Waals surface area contributed by atoms with E-state index >= 15 is 0 Å². The lowest BCUT2D eigenvalue weighted by Gasteiger charge is -2.14. The van der Waals surface area contributed by atoms with Crippen LogP contribution in [0.15, 0.2) is 6.07 Å². The molecule has 0 aliphatic carbocycles. The number of rotatable bonds is 2. The fourth-order valence-electron chi connectivity index (χ4n) is 2.68. The number of amides is 1. The highest BCUT2D eigenvalue weighted by Gasteiger charge is 2.27. The standard InChI is InChI=1S/C13H18N4OS.ClH/c1-8-10-5-11(19-13(10)16(2)15-8)12(18)17-4-3-9(6-14)7-17;/h5,9H,3-4,6-7,14H2,1-2H3;1H. The smallest absolute Gasteiger partial charge is 0.264 e. The number of aryl methyl sites for hydroxylation is 2. The molecule has 5 nitrogen and oxygen atoms in total. The van der Waals surface area contributed by atoms with Crippen LogP contribution in [0.1, 0.15) is 21.8 Å². The molecule has 0 aromatic carbocycles. The predicted octanol–water partition coefficient (Wildman–Crippen LogP) is 1.79. The summed E-state index contributed by atoms with van der Waals surface area (Å²) >= 11 is 1.53. The average Bonchev–Trinajstić information content (AvgIpc) is 3.08. The summed E-state index contributed by atoms with van der Waals surface area (Å²) in [5, 5.41) is 5.45. The molecule has 2 N–H and O–H groups in total. The van der Waals surface area contributed by atoms with Crippen LogP contribution in [0.3, 0.4) is 0 Å². The third-order valence-electron chi connectivity index (χ3n) is 3.81.